The van der Waals surface area contributed by atoms with Crippen molar-refractivity contribution >= 4 is 33.1 Å². The van der Waals surface area contributed by atoms with Crippen molar-refractivity contribution in [3.8, 4) is 0 Å². The van der Waals surface area contributed by atoms with E-state index < -0.39 is 0 Å². The minimum Gasteiger partial charge on any atom is -0.0905 e. The second-order valence-electron chi connectivity index (χ2n) is 9.18. The molecular formula is C28H26. The topological polar surface area (TPSA) is 0 Å². The highest BCUT2D eigenvalue weighted by atomic mass is 14.4. The molecule has 2 unspecified atom stereocenters. The van der Waals surface area contributed by atoms with E-state index in [4.69, 9.17) is 0 Å². The molecule has 0 amide bonds. The molecule has 138 valence electrons. The molecule has 0 radical (unpaired) electrons. The summed E-state index contributed by atoms with van der Waals surface area (Å²) in [5.41, 5.74) is 15.7. The van der Waals surface area contributed by atoms with Gasteiger partial charge in [-0.15, -0.1) is 0 Å². The molecule has 0 nitrogen and oxygen atoms in total. The monoisotopic (exact) mass is 362 g/mol. The third kappa shape index (κ3) is 1.65. The van der Waals surface area contributed by atoms with Crippen LogP contribution in [0.5, 0.6) is 0 Å². The van der Waals surface area contributed by atoms with E-state index in [9.17, 15) is 0 Å². The number of allylic oxidation sites excluding steroid dienone is 6. The SMILES string of the molecule is C=C1C(=C)c2c3c(c4c5c(c(C)c(C)c1c25)C(=C)C4=C)CC1C=CC1CCC3. The highest BCUT2D eigenvalue weighted by Gasteiger charge is 2.39. The number of hydrogen-bond acceptors (Lipinski definition) is 0. The van der Waals surface area contributed by atoms with E-state index in [1.165, 1.54) is 68.1 Å². The van der Waals surface area contributed by atoms with Crippen LogP contribution in [0.15, 0.2) is 38.5 Å². The van der Waals surface area contributed by atoms with E-state index in [1.54, 1.807) is 0 Å². The van der Waals surface area contributed by atoms with Gasteiger partial charge in [0.2, 0.25) is 0 Å². The number of rotatable bonds is 0. The van der Waals surface area contributed by atoms with Crippen molar-refractivity contribution in [3.05, 3.63) is 83.0 Å². The van der Waals surface area contributed by atoms with Crippen LogP contribution >= 0.6 is 0 Å². The second kappa shape index (κ2) is 5.06. The van der Waals surface area contributed by atoms with Crippen molar-refractivity contribution < 1.29 is 0 Å². The number of hydrogen-bond donors (Lipinski definition) is 0. The van der Waals surface area contributed by atoms with Crippen molar-refractivity contribution in [2.24, 2.45) is 11.8 Å². The molecule has 0 saturated carbocycles. The summed E-state index contributed by atoms with van der Waals surface area (Å²) >= 11 is 0. The van der Waals surface area contributed by atoms with E-state index in [-0.39, 0.29) is 0 Å². The molecule has 0 N–H and O–H groups in total. The van der Waals surface area contributed by atoms with Crippen molar-refractivity contribution in [1.82, 2.24) is 0 Å². The molecule has 0 spiro atoms. The molecule has 0 bridgehead atoms. The smallest absolute Gasteiger partial charge is 0.000847 e. The number of fused-ring (bicyclic) bond motifs is 4. The van der Waals surface area contributed by atoms with Gasteiger partial charge in [0.15, 0.2) is 0 Å². The summed E-state index contributed by atoms with van der Waals surface area (Å²) in [5, 5.41) is 2.78. The second-order valence-corrected chi connectivity index (χ2v) is 9.18. The van der Waals surface area contributed by atoms with E-state index in [2.05, 4.69) is 52.3 Å². The fourth-order valence-corrected chi connectivity index (χ4v) is 6.33. The predicted molar refractivity (Wildman–Crippen MR) is 122 cm³/mol. The maximum absolute atomic E-state index is 4.53. The van der Waals surface area contributed by atoms with Crippen molar-refractivity contribution in [2.45, 2.75) is 39.5 Å². The van der Waals surface area contributed by atoms with Gasteiger partial charge in [0, 0.05) is 0 Å². The van der Waals surface area contributed by atoms with E-state index >= 15 is 0 Å². The highest BCUT2D eigenvalue weighted by molar-refractivity contribution is 6.31. The molecule has 0 heteroatoms. The molecule has 4 aliphatic carbocycles. The van der Waals surface area contributed by atoms with E-state index in [0.717, 1.165) is 41.1 Å². The third-order valence-electron chi connectivity index (χ3n) is 8.03. The molecule has 0 aliphatic heterocycles. The Kier molecular flexibility index (Phi) is 2.96. The van der Waals surface area contributed by atoms with Crippen molar-refractivity contribution in [1.29, 1.82) is 0 Å². The average molecular weight is 363 g/mol. The molecule has 6 rings (SSSR count). The Morgan fingerprint density at radius 3 is 1.71 bits per heavy atom. The van der Waals surface area contributed by atoms with Gasteiger partial charge < -0.3 is 0 Å². The molecule has 0 aromatic heterocycles. The first-order chi connectivity index (χ1) is 13.4. The van der Waals surface area contributed by atoms with E-state index in [1.807, 2.05) is 0 Å². The molecule has 0 heterocycles. The lowest BCUT2D eigenvalue weighted by Crippen LogP contribution is -2.24. The summed E-state index contributed by atoms with van der Waals surface area (Å²) in [7, 11) is 0. The first-order valence-electron chi connectivity index (χ1n) is 10.5. The van der Waals surface area contributed by atoms with Crippen molar-refractivity contribution in [2.75, 3.05) is 0 Å². The van der Waals surface area contributed by atoms with Crippen LogP contribution in [-0.2, 0) is 12.8 Å². The van der Waals surface area contributed by atoms with E-state index in [0.29, 0.717) is 5.92 Å². The molecule has 2 aromatic carbocycles. The van der Waals surface area contributed by atoms with Gasteiger partial charge in [-0.3, -0.25) is 0 Å². The Morgan fingerprint density at radius 1 is 0.679 bits per heavy atom. The van der Waals surface area contributed by atoms with Crippen LogP contribution in [-0.4, -0.2) is 0 Å². The normalized spacial score (nSPS) is 24.4. The lowest BCUT2D eigenvalue weighted by atomic mass is 9.70. The van der Waals surface area contributed by atoms with Gasteiger partial charge in [-0.05, 0) is 129 Å². The van der Waals surface area contributed by atoms with Crippen LogP contribution in [0, 0.1) is 25.7 Å². The van der Waals surface area contributed by atoms with Gasteiger partial charge in [-0.1, -0.05) is 38.5 Å². The molecular weight excluding hydrogens is 336 g/mol. The third-order valence-corrected chi connectivity index (χ3v) is 8.03. The first-order valence-corrected chi connectivity index (χ1v) is 10.5. The first kappa shape index (κ1) is 16.4. The lowest BCUT2D eigenvalue weighted by Gasteiger charge is -2.34. The summed E-state index contributed by atoms with van der Waals surface area (Å²) in [5.74, 6) is 1.43. The molecule has 28 heavy (non-hydrogen) atoms. The van der Waals surface area contributed by atoms with Gasteiger partial charge in [-0.2, -0.15) is 0 Å². The Bertz CT molecular complexity index is 1240. The Morgan fingerprint density at radius 2 is 1.18 bits per heavy atom. The Labute approximate surface area is 167 Å². The van der Waals surface area contributed by atoms with Gasteiger partial charge in [-0.25, -0.2) is 0 Å². The van der Waals surface area contributed by atoms with Crippen LogP contribution in [0.25, 0.3) is 33.1 Å². The maximum atomic E-state index is 4.53. The summed E-state index contributed by atoms with van der Waals surface area (Å²) in [6.07, 6.45) is 9.65. The molecule has 0 saturated heterocycles. The largest absolute Gasteiger partial charge is 0.0905 e. The fraction of sp³-hybridized carbons (Fsp3) is 0.286. The standard InChI is InChI=1S/C28H26/c1-13-14(2)24-16(4)18(6)26-22-12-20-11-10-19(20)8-7-9-21(22)25-17(5)15(3)23(13)27(25)28(24)26/h10-11,19-20H,3-9,12H2,1-2H3. The Hall–Kier alpha value is -2.60. The van der Waals surface area contributed by atoms with Crippen LogP contribution < -0.4 is 0 Å². The average Bonchev–Trinajstić information content (AvgIpc) is 3.06. The zero-order valence-electron chi connectivity index (χ0n) is 17.0. The van der Waals surface area contributed by atoms with Gasteiger partial charge in [0.1, 0.15) is 0 Å². The molecule has 0 fully saturated rings. The molecule has 4 aliphatic rings. The summed E-state index contributed by atoms with van der Waals surface area (Å²) in [4.78, 5) is 0. The minimum atomic E-state index is 0.675. The lowest BCUT2D eigenvalue weighted by molar-refractivity contribution is 0.378. The predicted octanol–water partition coefficient (Wildman–Crippen LogP) is 7.22. The van der Waals surface area contributed by atoms with Crippen molar-refractivity contribution in [3.63, 3.8) is 0 Å². The van der Waals surface area contributed by atoms with Gasteiger partial charge >= 0.3 is 0 Å². The zero-order valence-corrected chi connectivity index (χ0v) is 17.0. The summed E-state index contributed by atoms with van der Waals surface area (Å²) in [6.45, 7) is 22.5. The van der Waals surface area contributed by atoms with Crippen LogP contribution in [0.4, 0.5) is 0 Å². The fourth-order valence-electron chi connectivity index (χ4n) is 6.33. The zero-order chi connectivity index (χ0) is 19.5. The minimum absolute atomic E-state index is 0.675. The summed E-state index contributed by atoms with van der Waals surface area (Å²) in [6, 6.07) is 0. The highest BCUT2D eigenvalue weighted by Crippen LogP contribution is 2.58. The van der Waals surface area contributed by atoms with Crippen LogP contribution in [0.3, 0.4) is 0 Å². The number of benzene rings is 2. The Balaban J connectivity index is 1.84. The molecule has 2 aromatic rings. The van der Waals surface area contributed by atoms with Crippen LogP contribution in [0.2, 0.25) is 0 Å². The van der Waals surface area contributed by atoms with Gasteiger partial charge in [0.25, 0.3) is 0 Å². The van der Waals surface area contributed by atoms with Gasteiger partial charge in [0.05, 0.1) is 0 Å². The molecule has 2 atom stereocenters. The summed E-state index contributed by atoms with van der Waals surface area (Å²) < 4.78 is 0. The quantitative estimate of drug-likeness (QED) is 0.434. The van der Waals surface area contributed by atoms with Crippen LogP contribution in [0.1, 0.15) is 57.3 Å². The maximum Gasteiger partial charge on any atom is -0.000847 e.